The number of benzene rings is 1. The number of aromatic nitrogens is 1. The van der Waals surface area contributed by atoms with Crippen molar-refractivity contribution in [2.24, 2.45) is 0 Å². The molecular weight excluding hydrogens is 298 g/mol. The number of nitrogens with one attached hydrogen (secondary N) is 2. The van der Waals surface area contributed by atoms with Gasteiger partial charge in [-0.1, -0.05) is 23.7 Å². The van der Waals surface area contributed by atoms with Crippen molar-refractivity contribution in [1.29, 1.82) is 0 Å². The van der Waals surface area contributed by atoms with Crippen LogP contribution >= 0.6 is 11.6 Å². The van der Waals surface area contributed by atoms with Crippen molar-refractivity contribution in [3.63, 3.8) is 0 Å². The molecule has 1 saturated carbocycles. The maximum absolute atomic E-state index is 12.0. The van der Waals surface area contributed by atoms with Crippen molar-refractivity contribution in [3.8, 4) is 0 Å². The number of carbonyl (C=O) groups excluding carboxylic acids is 1. The highest BCUT2D eigenvalue weighted by atomic mass is 35.5. The zero-order valence-electron chi connectivity index (χ0n) is 12.2. The van der Waals surface area contributed by atoms with Crippen molar-refractivity contribution >= 4 is 23.2 Å². The smallest absolute Gasteiger partial charge is 0.269 e. The molecule has 0 saturated heterocycles. The van der Waals surface area contributed by atoms with E-state index in [1.165, 1.54) is 12.8 Å². The van der Waals surface area contributed by atoms with Crippen LogP contribution in [0.3, 0.4) is 0 Å². The number of rotatable bonds is 6. The second-order valence-corrected chi connectivity index (χ2v) is 5.92. The number of carbonyl (C=O) groups is 1. The van der Waals surface area contributed by atoms with Crippen molar-refractivity contribution in [3.05, 3.63) is 58.9 Å². The van der Waals surface area contributed by atoms with E-state index in [0.717, 1.165) is 17.7 Å². The van der Waals surface area contributed by atoms with E-state index in [1.54, 1.807) is 12.3 Å². The number of nitrogens with zero attached hydrogens (tertiary/aromatic N) is 1. The molecule has 0 bridgehead atoms. The highest BCUT2D eigenvalue weighted by Gasteiger charge is 2.20. The molecule has 1 amide bonds. The Kier molecular flexibility index (Phi) is 4.59. The molecule has 114 valence electrons. The molecule has 0 unspecified atom stereocenters. The lowest BCUT2D eigenvalue weighted by atomic mass is 10.1. The van der Waals surface area contributed by atoms with E-state index in [4.69, 9.17) is 11.6 Å². The Morgan fingerprint density at radius 1 is 1.27 bits per heavy atom. The minimum Gasteiger partial charge on any atom is -0.381 e. The van der Waals surface area contributed by atoms with Crippen LogP contribution < -0.4 is 10.6 Å². The first-order chi connectivity index (χ1) is 10.7. The molecule has 2 aromatic rings. The molecule has 1 aromatic carbocycles. The summed E-state index contributed by atoms with van der Waals surface area (Å²) in [6.07, 6.45) is 4.88. The summed E-state index contributed by atoms with van der Waals surface area (Å²) in [5.41, 5.74) is 2.51. The van der Waals surface area contributed by atoms with Gasteiger partial charge < -0.3 is 10.6 Å². The Morgan fingerprint density at radius 2 is 2.14 bits per heavy atom. The fraction of sp³-hybridized carbons (Fsp3) is 0.294. The molecule has 22 heavy (non-hydrogen) atoms. The zero-order chi connectivity index (χ0) is 15.4. The minimum absolute atomic E-state index is 0.153. The standard InChI is InChI=1S/C17H18ClN3O/c18-13-3-1-2-12(10-13)8-9-19-17(22)16-7-6-15(11-20-16)21-14-4-5-14/h1-3,6-7,10-11,14,21H,4-5,8-9H2,(H,19,22). The summed E-state index contributed by atoms with van der Waals surface area (Å²) in [6.45, 7) is 0.558. The van der Waals surface area contributed by atoms with Gasteiger partial charge in [-0.2, -0.15) is 0 Å². The second kappa shape index (κ2) is 6.79. The lowest BCUT2D eigenvalue weighted by Gasteiger charge is -2.07. The van der Waals surface area contributed by atoms with E-state index in [9.17, 15) is 4.79 Å². The number of hydrogen-bond acceptors (Lipinski definition) is 3. The highest BCUT2D eigenvalue weighted by Crippen LogP contribution is 2.24. The van der Waals surface area contributed by atoms with Gasteiger partial charge in [-0.05, 0) is 49.1 Å². The van der Waals surface area contributed by atoms with E-state index in [1.807, 2.05) is 30.3 Å². The first-order valence-electron chi connectivity index (χ1n) is 7.46. The van der Waals surface area contributed by atoms with Gasteiger partial charge in [-0.3, -0.25) is 4.79 Å². The summed E-state index contributed by atoms with van der Waals surface area (Å²) < 4.78 is 0. The molecule has 1 aromatic heterocycles. The van der Waals surface area contributed by atoms with Gasteiger partial charge in [-0.25, -0.2) is 4.98 Å². The molecule has 4 nitrogen and oxygen atoms in total. The SMILES string of the molecule is O=C(NCCc1cccc(Cl)c1)c1ccc(NC2CC2)cn1. The number of hydrogen-bond donors (Lipinski definition) is 2. The van der Waals surface area contributed by atoms with Gasteiger partial charge in [-0.15, -0.1) is 0 Å². The van der Waals surface area contributed by atoms with Crippen molar-refractivity contribution in [2.75, 3.05) is 11.9 Å². The molecule has 2 N–H and O–H groups in total. The third-order valence-electron chi connectivity index (χ3n) is 3.53. The number of halogens is 1. The molecule has 1 aliphatic carbocycles. The number of pyridine rings is 1. The van der Waals surface area contributed by atoms with E-state index in [-0.39, 0.29) is 5.91 Å². The minimum atomic E-state index is -0.153. The van der Waals surface area contributed by atoms with Gasteiger partial charge in [0, 0.05) is 17.6 Å². The van der Waals surface area contributed by atoms with Crippen molar-refractivity contribution in [1.82, 2.24) is 10.3 Å². The van der Waals surface area contributed by atoms with Crippen LogP contribution in [0.1, 0.15) is 28.9 Å². The summed E-state index contributed by atoms with van der Waals surface area (Å²) in [5, 5.41) is 6.93. The van der Waals surface area contributed by atoms with E-state index < -0.39 is 0 Å². The molecule has 1 fully saturated rings. The van der Waals surface area contributed by atoms with Crippen LogP contribution in [0, 0.1) is 0 Å². The Bertz CT molecular complexity index is 653. The van der Waals surface area contributed by atoms with Gasteiger partial charge in [0.05, 0.1) is 11.9 Å². The van der Waals surface area contributed by atoms with Crippen LogP contribution in [0.2, 0.25) is 5.02 Å². The predicted molar refractivity (Wildman–Crippen MR) is 88.4 cm³/mol. The fourth-order valence-corrected chi connectivity index (χ4v) is 2.39. The summed E-state index contributed by atoms with van der Waals surface area (Å²) in [5.74, 6) is -0.153. The van der Waals surface area contributed by atoms with Gasteiger partial charge in [0.15, 0.2) is 0 Å². The monoisotopic (exact) mass is 315 g/mol. The Balaban J connectivity index is 1.48. The van der Waals surface area contributed by atoms with Crippen LogP contribution in [-0.4, -0.2) is 23.5 Å². The third kappa shape index (κ3) is 4.21. The maximum atomic E-state index is 12.0. The summed E-state index contributed by atoms with van der Waals surface area (Å²) in [4.78, 5) is 16.2. The molecule has 1 heterocycles. The molecule has 5 heteroatoms. The summed E-state index contributed by atoms with van der Waals surface area (Å²) >= 11 is 5.93. The lowest BCUT2D eigenvalue weighted by molar-refractivity contribution is 0.0949. The molecule has 0 aliphatic heterocycles. The van der Waals surface area contributed by atoms with Crippen LogP contribution in [0.15, 0.2) is 42.6 Å². The van der Waals surface area contributed by atoms with Gasteiger partial charge in [0.1, 0.15) is 5.69 Å². The molecule has 0 spiro atoms. The average molecular weight is 316 g/mol. The predicted octanol–water partition coefficient (Wildman–Crippen LogP) is 3.28. The van der Waals surface area contributed by atoms with Crippen molar-refractivity contribution < 1.29 is 4.79 Å². The van der Waals surface area contributed by atoms with E-state index >= 15 is 0 Å². The summed E-state index contributed by atoms with van der Waals surface area (Å²) in [7, 11) is 0. The molecule has 0 radical (unpaired) electrons. The van der Waals surface area contributed by atoms with E-state index in [2.05, 4.69) is 15.6 Å². The largest absolute Gasteiger partial charge is 0.381 e. The normalized spacial score (nSPS) is 13.7. The van der Waals surface area contributed by atoms with Crippen molar-refractivity contribution in [2.45, 2.75) is 25.3 Å². The van der Waals surface area contributed by atoms with Crippen LogP contribution in [0.4, 0.5) is 5.69 Å². The summed E-state index contributed by atoms with van der Waals surface area (Å²) in [6, 6.07) is 11.9. The lowest BCUT2D eigenvalue weighted by Crippen LogP contribution is -2.26. The Morgan fingerprint density at radius 3 is 2.82 bits per heavy atom. The first kappa shape index (κ1) is 14.9. The maximum Gasteiger partial charge on any atom is 0.269 e. The first-order valence-corrected chi connectivity index (χ1v) is 7.84. The van der Waals surface area contributed by atoms with Crippen LogP contribution in [-0.2, 0) is 6.42 Å². The van der Waals surface area contributed by atoms with Gasteiger partial charge in [0.2, 0.25) is 0 Å². The second-order valence-electron chi connectivity index (χ2n) is 5.49. The number of anilines is 1. The van der Waals surface area contributed by atoms with Crippen LogP contribution in [0.5, 0.6) is 0 Å². The molecule has 3 rings (SSSR count). The Hall–Kier alpha value is -2.07. The zero-order valence-corrected chi connectivity index (χ0v) is 12.9. The quantitative estimate of drug-likeness (QED) is 0.860. The fourth-order valence-electron chi connectivity index (χ4n) is 2.18. The third-order valence-corrected chi connectivity index (χ3v) is 3.77. The van der Waals surface area contributed by atoms with Gasteiger partial charge in [0.25, 0.3) is 5.91 Å². The highest BCUT2D eigenvalue weighted by molar-refractivity contribution is 6.30. The molecule has 0 atom stereocenters. The average Bonchev–Trinajstić information content (AvgIpc) is 3.32. The Labute approximate surface area is 134 Å². The van der Waals surface area contributed by atoms with Gasteiger partial charge >= 0.3 is 0 Å². The molecular formula is C17H18ClN3O. The van der Waals surface area contributed by atoms with E-state index in [0.29, 0.717) is 23.3 Å². The van der Waals surface area contributed by atoms with Crippen LogP contribution in [0.25, 0.3) is 0 Å². The molecule has 1 aliphatic rings. The number of amides is 1. The topological polar surface area (TPSA) is 54.0 Å².